The molecule has 1 aromatic carbocycles. The molecule has 1 saturated heterocycles. The smallest absolute Gasteiger partial charge is 0.294 e. The lowest BCUT2D eigenvalue weighted by atomic mass is 9.93. The lowest BCUT2D eigenvalue weighted by molar-refractivity contribution is -0.122. The van der Waals surface area contributed by atoms with Gasteiger partial charge in [0.05, 0.1) is 12.8 Å². The van der Waals surface area contributed by atoms with E-state index in [9.17, 15) is 9.59 Å². The van der Waals surface area contributed by atoms with Gasteiger partial charge in [-0.05, 0) is 71.8 Å². The first-order valence-electron chi connectivity index (χ1n) is 11.8. The average Bonchev–Trinajstić information content (AvgIpc) is 2.80. The van der Waals surface area contributed by atoms with E-state index in [0.717, 1.165) is 38.9 Å². The number of anilines is 1. The van der Waals surface area contributed by atoms with Crippen LogP contribution in [-0.2, 0) is 11.3 Å². The third-order valence-corrected chi connectivity index (χ3v) is 6.36. The fourth-order valence-electron chi connectivity index (χ4n) is 4.31. The molecule has 1 N–H and O–H groups in total. The summed E-state index contributed by atoms with van der Waals surface area (Å²) in [5, 5.41) is 3.05. The highest BCUT2D eigenvalue weighted by molar-refractivity contribution is 6.32. The van der Waals surface area contributed by atoms with Gasteiger partial charge in [0.15, 0.2) is 11.0 Å². The Morgan fingerprint density at radius 1 is 1.29 bits per heavy atom. The first kappa shape index (κ1) is 26.0. The van der Waals surface area contributed by atoms with E-state index in [1.807, 2.05) is 36.9 Å². The second kappa shape index (κ2) is 11.7. The molecule has 34 heavy (non-hydrogen) atoms. The highest BCUT2D eigenvalue weighted by Gasteiger charge is 2.26. The van der Waals surface area contributed by atoms with Gasteiger partial charge in [-0.3, -0.25) is 14.2 Å². The quantitative estimate of drug-likeness (QED) is 0.582. The highest BCUT2D eigenvalue weighted by Crippen LogP contribution is 2.30. The van der Waals surface area contributed by atoms with E-state index in [4.69, 9.17) is 16.3 Å². The molecule has 186 valence electrons. The maximum absolute atomic E-state index is 13.7. The van der Waals surface area contributed by atoms with E-state index < -0.39 is 0 Å². The van der Waals surface area contributed by atoms with Crippen LogP contribution in [0.4, 0.5) is 5.82 Å². The molecule has 1 amide bonds. The van der Waals surface area contributed by atoms with Gasteiger partial charge < -0.3 is 19.9 Å². The number of amides is 1. The average molecular weight is 490 g/mol. The molecular weight excluding hydrogens is 454 g/mol. The van der Waals surface area contributed by atoms with Crippen molar-refractivity contribution in [1.82, 2.24) is 19.8 Å². The predicted octanol–water partition coefficient (Wildman–Crippen LogP) is 3.27. The maximum Gasteiger partial charge on any atom is 0.294 e. The molecule has 0 aliphatic carbocycles. The number of hydrogen-bond donors (Lipinski definition) is 1. The summed E-state index contributed by atoms with van der Waals surface area (Å²) in [6.45, 7) is 6.17. The third kappa shape index (κ3) is 6.51. The lowest BCUT2D eigenvalue weighted by Crippen LogP contribution is -2.42. The van der Waals surface area contributed by atoms with E-state index in [-0.39, 0.29) is 29.2 Å². The number of piperidine rings is 1. The summed E-state index contributed by atoms with van der Waals surface area (Å²) in [5.74, 6) is 1.31. The first-order chi connectivity index (χ1) is 16.2. The van der Waals surface area contributed by atoms with Crippen LogP contribution in [-0.4, -0.2) is 67.2 Å². The zero-order valence-electron chi connectivity index (χ0n) is 20.8. The molecule has 1 aliphatic heterocycles. The molecule has 0 spiro atoms. The zero-order valence-corrected chi connectivity index (χ0v) is 21.6. The van der Waals surface area contributed by atoms with E-state index in [1.54, 1.807) is 13.2 Å². The summed E-state index contributed by atoms with van der Waals surface area (Å²) in [6.07, 6.45) is 3.14. The van der Waals surface area contributed by atoms with Crippen LogP contribution in [0.5, 0.6) is 5.75 Å². The molecule has 3 rings (SSSR count). The summed E-state index contributed by atoms with van der Waals surface area (Å²) in [6, 6.07) is 7.21. The van der Waals surface area contributed by atoms with Gasteiger partial charge in [0.25, 0.3) is 5.56 Å². The van der Waals surface area contributed by atoms with Crippen LogP contribution in [0.1, 0.15) is 33.1 Å². The lowest BCUT2D eigenvalue weighted by Gasteiger charge is -2.33. The molecule has 2 heterocycles. The van der Waals surface area contributed by atoms with Crippen molar-refractivity contribution in [3.8, 4) is 17.0 Å². The number of rotatable bonds is 9. The molecule has 0 saturated carbocycles. The van der Waals surface area contributed by atoms with Crippen molar-refractivity contribution in [3.05, 3.63) is 39.8 Å². The second-order valence-corrected chi connectivity index (χ2v) is 9.80. The molecule has 0 unspecified atom stereocenters. The van der Waals surface area contributed by atoms with Crippen molar-refractivity contribution in [2.75, 3.05) is 45.7 Å². The Bertz CT molecular complexity index is 1050. The van der Waals surface area contributed by atoms with Gasteiger partial charge in [0.1, 0.15) is 12.3 Å². The van der Waals surface area contributed by atoms with Gasteiger partial charge in [-0.2, -0.15) is 0 Å². The Hall–Kier alpha value is -2.58. The fraction of sp³-hybridized carbons (Fsp3) is 0.560. The largest absolute Gasteiger partial charge is 0.497 e. The molecule has 0 radical (unpaired) electrons. The van der Waals surface area contributed by atoms with E-state index in [2.05, 4.69) is 29.3 Å². The van der Waals surface area contributed by atoms with Crippen molar-refractivity contribution in [2.45, 2.75) is 45.7 Å². The fourth-order valence-corrected chi connectivity index (χ4v) is 4.61. The monoisotopic (exact) mass is 489 g/mol. The normalized spacial score (nSPS) is 14.6. The van der Waals surface area contributed by atoms with Gasteiger partial charge in [-0.15, -0.1) is 0 Å². The summed E-state index contributed by atoms with van der Waals surface area (Å²) in [4.78, 5) is 35.1. The minimum Gasteiger partial charge on any atom is -0.497 e. The van der Waals surface area contributed by atoms with E-state index >= 15 is 0 Å². The van der Waals surface area contributed by atoms with Crippen LogP contribution in [0, 0.1) is 5.92 Å². The van der Waals surface area contributed by atoms with Gasteiger partial charge >= 0.3 is 0 Å². The summed E-state index contributed by atoms with van der Waals surface area (Å²) >= 11 is 6.68. The van der Waals surface area contributed by atoms with Crippen molar-refractivity contribution in [1.29, 1.82) is 0 Å². The van der Waals surface area contributed by atoms with Crippen molar-refractivity contribution in [3.63, 3.8) is 0 Å². The van der Waals surface area contributed by atoms with Crippen LogP contribution in [0.25, 0.3) is 11.3 Å². The molecule has 9 heteroatoms. The van der Waals surface area contributed by atoms with Crippen molar-refractivity contribution >= 4 is 23.3 Å². The predicted molar refractivity (Wildman–Crippen MR) is 137 cm³/mol. The molecular formula is C25H36ClN5O3. The first-order valence-corrected chi connectivity index (χ1v) is 12.2. The maximum atomic E-state index is 13.7. The number of carbonyl (C=O) groups is 1. The number of nitrogens with one attached hydrogen (secondary N) is 1. The topological polar surface area (TPSA) is 79.7 Å². The van der Waals surface area contributed by atoms with Crippen LogP contribution in [0.3, 0.4) is 0 Å². The number of aromatic nitrogens is 2. The number of ether oxygens (including phenoxy) is 1. The Morgan fingerprint density at radius 2 is 2.00 bits per heavy atom. The SMILES string of the molecule is COc1cccc(-c2c(Cl)nc(N3CCC(CCN(C)C)CC3)c(=O)n2CC(=O)NC(C)C)c1. The van der Waals surface area contributed by atoms with E-state index in [1.165, 1.54) is 4.57 Å². The van der Waals surface area contributed by atoms with Gasteiger partial charge in [-0.1, -0.05) is 23.7 Å². The number of carbonyl (C=O) groups excluding carboxylic acids is 1. The number of hydrogen-bond acceptors (Lipinski definition) is 6. The minimum atomic E-state index is -0.312. The molecule has 8 nitrogen and oxygen atoms in total. The van der Waals surface area contributed by atoms with E-state index in [0.29, 0.717) is 28.7 Å². The van der Waals surface area contributed by atoms with Crippen molar-refractivity contribution in [2.24, 2.45) is 5.92 Å². The molecule has 1 aliphatic rings. The molecule has 0 bridgehead atoms. The Balaban J connectivity index is 1.96. The summed E-state index contributed by atoms with van der Waals surface area (Å²) < 4.78 is 6.78. The number of nitrogens with zero attached hydrogens (tertiary/aromatic N) is 4. The van der Waals surface area contributed by atoms with Crippen LogP contribution < -0.4 is 20.5 Å². The number of methoxy groups -OCH3 is 1. The van der Waals surface area contributed by atoms with Crippen molar-refractivity contribution < 1.29 is 9.53 Å². The molecule has 2 aromatic rings. The standard InChI is InChI=1S/C25H36ClN5O3/c1-17(2)27-21(32)16-31-22(19-7-6-8-20(15-19)34-5)23(26)28-24(25(31)33)30-13-10-18(11-14-30)9-12-29(3)4/h6-8,15,17-18H,9-14,16H2,1-5H3,(H,27,32). The number of benzene rings is 1. The van der Waals surface area contributed by atoms with Gasteiger partial charge in [0.2, 0.25) is 5.91 Å². The molecule has 1 aromatic heterocycles. The minimum absolute atomic E-state index is 0.0403. The van der Waals surface area contributed by atoms with Gasteiger partial charge in [0, 0.05) is 24.7 Å². The third-order valence-electron chi connectivity index (χ3n) is 6.10. The number of halogens is 1. The van der Waals surface area contributed by atoms with Gasteiger partial charge in [-0.25, -0.2) is 4.98 Å². The van der Waals surface area contributed by atoms with Crippen LogP contribution in [0.15, 0.2) is 29.1 Å². The Labute approximate surface area is 206 Å². The molecule has 1 fully saturated rings. The summed E-state index contributed by atoms with van der Waals surface area (Å²) in [5.41, 5.74) is 0.766. The highest BCUT2D eigenvalue weighted by atomic mass is 35.5. The van der Waals surface area contributed by atoms with Crippen LogP contribution in [0.2, 0.25) is 5.15 Å². The Kier molecular flexibility index (Phi) is 8.97. The van der Waals surface area contributed by atoms with Crippen LogP contribution >= 0.6 is 11.6 Å². The second-order valence-electron chi connectivity index (χ2n) is 9.44. The zero-order chi connectivity index (χ0) is 24.8. The summed E-state index contributed by atoms with van der Waals surface area (Å²) in [7, 11) is 5.75. The Morgan fingerprint density at radius 3 is 2.62 bits per heavy atom. The molecule has 0 atom stereocenters.